The molecule has 0 fully saturated rings. The van der Waals surface area contributed by atoms with Gasteiger partial charge in [-0.1, -0.05) is 23.3 Å². The molecule has 0 aromatic carbocycles. The third kappa shape index (κ3) is 3.51. The molecule has 1 atom stereocenters. The summed E-state index contributed by atoms with van der Waals surface area (Å²) in [6, 6.07) is 2.06. The molecule has 1 unspecified atom stereocenters. The molecular formula is C16H17ClN2OS. The monoisotopic (exact) mass is 320 g/mol. The molecule has 0 radical (unpaired) electrons. The van der Waals surface area contributed by atoms with Crippen LogP contribution in [0, 0.1) is 0 Å². The van der Waals surface area contributed by atoms with Crippen LogP contribution in [-0.4, -0.2) is 15.1 Å². The van der Waals surface area contributed by atoms with Crippen molar-refractivity contribution in [1.82, 2.24) is 9.97 Å². The minimum absolute atomic E-state index is 0.308. The fraction of sp³-hybridized carbons (Fsp3) is 0.375. The summed E-state index contributed by atoms with van der Waals surface area (Å²) in [6.07, 6.45) is 10.6. The first-order valence-electron chi connectivity index (χ1n) is 7.12. The minimum Gasteiger partial charge on any atom is -0.383 e. The highest BCUT2D eigenvalue weighted by Gasteiger charge is 2.17. The molecular weight excluding hydrogens is 304 g/mol. The Morgan fingerprint density at radius 1 is 1.38 bits per heavy atom. The molecule has 2 aromatic rings. The van der Waals surface area contributed by atoms with Crippen LogP contribution >= 0.6 is 22.9 Å². The van der Waals surface area contributed by atoms with Crippen LogP contribution in [0.5, 0.6) is 0 Å². The van der Waals surface area contributed by atoms with Crippen molar-refractivity contribution >= 4 is 22.9 Å². The fourth-order valence-corrected chi connectivity index (χ4v) is 3.73. The van der Waals surface area contributed by atoms with Gasteiger partial charge in [0.1, 0.15) is 17.6 Å². The van der Waals surface area contributed by atoms with Gasteiger partial charge >= 0.3 is 0 Å². The number of halogens is 1. The number of thiophene rings is 1. The Balaban J connectivity index is 1.75. The molecule has 2 aromatic heterocycles. The van der Waals surface area contributed by atoms with E-state index in [1.165, 1.54) is 43.1 Å². The number of allylic oxidation sites excluding steroid dienone is 2. The summed E-state index contributed by atoms with van der Waals surface area (Å²) in [5, 5.41) is 12.8. The second-order valence-corrected chi connectivity index (χ2v) is 6.61. The lowest BCUT2D eigenvalue weighted by Crippen LogP contribution is -2.00. The van der Waals surface area contributed by atoms with Crippen LogP contribution in [0.25, 0.3) is 0 Å². The number of hydrogen-bond acceptors (Lipinski definition) is 4. The van der Waals surface area contributed by atoms with Crippen molar-refractivity contribution in [3.05, 3.63) is 56.8 Å². The summed E-state index contributed by atoms with van der Waals surface area (Å²) in [5.41, 5.74) is 3.33. The molecule has 0 spiro atoms. The molecule has 1 aliphatic rings. The van der Waals surface area contributed by atoms with Gasteiger partial charge in [-0.15, -0.1) is 11.3 Å². The number of nitrogens with zero attached hydrogens (tertiary/aromatic N) is 2. The van der Waals surface area contributed by atoms with Gasteiger partial charge in [0.15, 0.2) is 0 Å². The highest BCUT2D eigenvalue weighted by atomic mass is 35.5. The van der Waals surface area contributed by atoms with Crippen molar-refractivity contribution in [3.63, 3.8) is 0 Å². The lowest BCUT2D eigenvalue weighted by atomic mass is 9.95. The van der Waals surface area contributed by atoms with Gasteiger partial charge in [0.2, 0.25) is 0 Å². The van der Waals surface area contributed by atoms with E-state index in [-0.39, 0.29) is 0 Å². The molecule has 0 saturated carbocycles. The highest BCUT2D eigenvalue weighted by molar-refractivity contribution is 7.10. The summed E-state index contributed by atoms with van der Waals surface area (Å²) < 4.78 is 0. The van der Waals surface area contributed by atoms with Crippen molar-refractivity contribution in [1.29, 1.82) is 0 Å². The molecule has 0 bridgehead atoms. The Morgan fingerprint density at radius 2 is 2.29 bits per heavy atom. The predicted molar refractivity (Wildman–Crippen MR) is 85.7 cm³/mol. The van der Waals surface area contributed by atoms with Crippen molar-refractivity contribution in [3.8, 4) is 0 Å². The second kappa shape index (κ2) is 6.69. The molecule has 1 aliphatic carbocycles. The van der Waals surface area contributed by atoms with E-state index in [9.17, 15) is 5.11 Å². The fourth-order valence-electron chi connectivity index (χ4n) is 2.62. The quantitative estimate of drug-likeness (QED) is 0.674. The predicted octanol–water partition coefficient (Wildman–Crippen LogP) is 4.32. The first-order chi connectivity index (χ1) is 10.2. The maximum Gasteiger partial charge on any atom is 0.138 e. The first-order valence-corrected chi connectivity index (χ1v) is 8.38. The van der Waals surface area contributed by atoms with Crippen molar-refractivity contribution in [2.24, 2.45) is 0 Å². The van der Waals surface area contributed by atoms with Crippen LogP contribution in [0.2, 0.25) is 5.15 Å². The lowest BCUT2D eigenvalue weighted by molar-refractivity contribution is 0.223. The van der Waals surface area contributed by atoms with Gasteiger partial charge in [0.25, 0.3) is 0 Å². The average molecular weight is 321 g/mol. The van der Waals surface area contributed by atoms with Gasteiger partial charge in [0, 0.05) is 16.6 Å². The van der Waals surface area contributed by atoms with Gasteiger partial charge in [-0.05, 0) is 49.1 Å². The lowest BCUT2D eigenvalue weighted by Gasteiger charge is -2.11. The summed E-state index contributed by atoms with van der Waals surface area (Å²) in [7, 11) is 0. The Hall–Kier alpha value is -1.23. The van der Waals surface area contributed by atoms with Crippen LogP contribution < -0.4 is 0 Å². The zero-order valence-electron chi connectivity index (χ0n) is 11.6. The molecule has 2 heterocycles. The van der Waals surface area contributed by atoms with E-state index in [1.54, 1.807) is 17.5 Å². The number of aliphatic hydroxyl groups excluding tert-OH is 1. The maximum absolute atomic E-state index is 10.4. The van der Waals surface area contributed by atoms with Crippen LogP contribution in [0.15, 0.2) is 35.6 Å². The molecule has 0 saturated heterocycles. The van der Waals surface area contributed by atoms with Crippen LogP contribution in [-0.2, 0) is 6.42 Å². The van der Waals surface area contributed by atoms with Crippen molar-refractivity contribution in [2.45, 2.75) is 38.2 Å². The van der Waals surface area contributed by atoms with Crippen LogP contribution in [0.1, 0.15) is 47.8 Å². The third-order valence-corrected chi connectivity index (χ3v) is 5.09. The van der Waals surface area contributed by atoms with Crippen LogP contribution in [0.4, 0.5) is 0 Å². The van der Waals surface area contributed by atoms with E-state index in [4.69, 9.17) is 11.6 Å². The second-order valence-electron chi connectivity index (χ2n) is 5.31. The van der Waals surface area contributed by atoms with E-state index < -0.39 is 6.10 Å². The Labute approximate surface area is 133 Å². The normalized spacial score (nSPS) is 16.6. The number of aromatic nitrogens is 2. The number of rotatable bonds is 4. The molecule has 21 heavy (non-hydrogen) atoms. The number of aliphatic hydroxyl groups is 1. The Morgan fingerprint density at radius 3 is 3.05 bits per heavy atom. The van der Waals surface area contributed by atoms with Crippen LogP contribution in [0.3, 0.4) is 0 Å². The Bertz CT molecular complexity index is 653. The smallest absolute Gasteiger partial charge is 0.138 e. The molecule has 110 valence electrons. The zero-order chi connectivity index (χ0) is 14.7. The molecule has 5 heteroatoms. The molecule has 3 rings (SSSR count). The highest BCUT2D eigenvalue weighted by Crippen LogP contribution is 2.32. The molecule has 3 nitrogen and oxygen atoms in total. The van der Waals surface area contributed by atoms with Crippen molar-refractivity contribution < 1.29 is 5.11 Å². The maximum atomic E-state index is 10.4. The van der Waals surface area contributed by atoms with E-state index in [2.05, 4.69) is 27.5 Å². The molecule has 0 amide bonds. The Kier molecular flexibility index (Phi) is 4.68. The van der Waals surface area contributed by atoms with Crippen molar-refractivity contribution in [2.75, 3.05) is 0 Å². The van der Waals surface area contributed by atoms with Gasteiger partial charge in [0.05, 0.1) is 0 Å². The topological polar surface area (TPSA) is 46.0 Å². The largest absolute Gasteiger partial charge is 0.383 e. The summed E-state index contributed by atoms with van der Waals surface area (Å²) in [4.78, 5) is 8.74. The standard InChI is InChI=1S/C16H17ClN2OS/c17-16-13(8-18-10-19-16)15(20)14-7-12(9-21-14)6-11-4-2-1-3-5-11/h4,7-10,15,20H,1-3,5-6H2. The average Bonchev–Trinajstić information content (AvgIpc) is 2.97. The first kappa shape index (κ1) is 14.7. The minimum atomic E-state index is -0.752. The third-order valence-electron chi connectivity index (χ3n) is 3.74. The van der Waals surface area contributed by atoms with Gasteiger partial charge in [-0.2, -0.15) is 0 Å². The zero-order valence-corrected chi connectivity index (χ0v) is 13.2. The summed E-state index contributed by atoms with van der Waals surface area (Å²) in [5.74, 6) is 0. The van der Waals surface area contributed by atoms with E-state index in [0.717, 1.165) is 11.3 Å². The summed E-state index contributed by atoms with van der Waals surface area (Å²) in [6.45, 7) is 0. The van der Waals surface area contributed by atoms with E-state index in [0.29, 0.717) is 10.7 Å². The molecule has 1 N–H and O–H groups in total. The van der Waals surface area contributed by atoms with Gasteiger partial charge in [-0.3, -0.25) is 0 Å². The molecule has 0 aliphatic heterocycles. The van der Waals surface area contributed by atoms with E-state index in [1.807, 2.05) is 0 Å². The van der Waals surface area contributed by atoms with E-state index >= 15 is 0 Å². The van der Waals surface area contributed by atoms with Gasteiger partial charge in [-0.25, -0.2) is 9.97 Å². The SMILES string of the molecule is OC(c1cc(CC2=CCCCC2)cs1)c1cncnc1Cl. The summed E-state index contributed by atoms with van der Waals surface area (Å²) >= 11 is 7.57. The van der Waals surface area contributed by atoms with Gasteiger partial charge < -0.3 is 5.11 Å². The number of hydrogen-bond donors (Lipinski definition) is 1.